The van der Waals surface area contributed by atoms with E-state index in [1.165, 1.54) is 6.26 Å². The Morgan fingerprint density at radius 2 is 1.57 bits per heavy atom. The third-order valence-corrected chi connectivity index (χ3v) is 14.2. The van der Waals surface area contributed by atoms with Gasteiger partial charge in [0.2, 0.25) is 0 Å². The summed E-state index contributed by atoms with van der Waals surface area (Å²) in [6, 6.07) is 0. The summed E-state index contributed by atoms with van der Waals surface area (Å²) < 4.78 is 29.8. The third kappa shape index (κ3) is 3.69. The van der Waals surface area contributed by atoms with Gasteiger partial charge in [-0.25, -0.2) is 0 Å². The zero-order chi connectivity index (χ0) is 27.2. The minimum atomic E-state index is -3.50. The molecule has 0 saturated heterocycles. The number of aliphatic carboxylic acids is 1. The van der Waals surface area contributed by atoms with E-state index < -0.39 is 21.5 Å². The van der Waals surface area contributed by atoms with Gasteiger partial charge in [-0.3, -0.25) is 8.98 Å². The summed E-state index contributed by atoms with van der Waals surface area (Å²) in [4.78, 5) is 12.8. The lowest BCUT2D eigenvalue weighted by Gasteiger charge is -2.72. The van der Waals surface area contributed by atoms with Crippen molar-refractivity contribution in [1.82, 2.24) is 0 Å². The molecular formula is C31H50O5S. The van der Waals surface area contributed by atoms with E-state index in [0.717, 1.165) is 64.2 Å². The van der Waals surface area contributed by atoms with Crippen LogP contribution in [0.4, 0.5) is 0 Å². The van der Waals surface area contributed by atoms with Crippen molar-refractivity contribution in [3.8, 4) is 0 Å². The number of hydrogen-bond acceptors (Lipinski definition) is 4. The van der Waals surface area contributed by atoms with Crippen LogP contribution in [0.15, 0.2) is 12.2 Å². The van der Waals surface area contributed by atoms with Crippen LogP contribution in [0.1, 0.15) is 106 Å². The average molecular weight is 535 g/mol. The minimum absolute atomic E-state index is 0.127. The smallest absolute Gasteiger partial charge is 0.309 e. The molecule has 1 N–H and O–H groups in total. The van der Waals surface area contributed by atoms with Gasteiger partial charge in [0.25, 0.3) is 10.1 Å². The molecule has 5 aliphatic rings. The van der Waals surface area contributed by atoms with Crippen LogP contribution in [-0.4, -0.2) is 31.9 Å². The fourth-order valence-corrected chi connectivity index (χ4v) is 12.6. The molecule has 5 fully saturated rings. The number of carboxylic acid groups (broad SMARTS) is 1. The van der Waals surface area contributed by atoms with Crippen LogP contribution in [0.25, 0.3) is 0 Å². The molecule has 0 aromatic heterocycles. The summed E-state index contributed by atoms with van der Waals surface area (Å²) in [5, 5.41) is 10.5. The molecule has 6 heteroatoms. The van der Waals surface area contributed by atoms with Crippen LogP contribution in [0.5, 0.6) is 0 Å². The Morgan fingerprint density at radius 3 is 2.19 bits per heavy atom. The molecule has 4 unspecified atom stereocenters. The highest BCUT2D eigenvalue weighted by molar-refractivity contribution is 7.86. The van der Waals surface area contributed by atoms with Crippen molar-refractivity contribution >= 4 is 16.1 Å². The maximum absolute atomic E-state index is 12.8. The van der Waals surface area contributed by atoms with Crippen molar-refractivity contribution in [2.75, 3.05) is 6.26 Å². The fourth-order valence-electron chi connectivity index (χ4n) is 11.8. The second-order valence-corrected chi connectivity index (χ2v) is 16.6. The van der Waals surface area contributed by atoms with Crippen LogP contribution in [0.2, 0.25) is 0 Å². The number of hydrogen-bond donors (Lipinski definition) is 1. The Labute approximate surface area is 225 Å². The predicted octanol–water partition coefficient (Wildman–Crippen LogP) is 7.07. The van der Waals surface area contributed by atoms with Crippen molar-refractivity contribution in [3.63, 3.8) is 0 Å². The van der Waals surface area contributed by atoms with E-state index in [9.17, 15) is 18.3 Å². The quantitative estimate of drug-likeness (QED) is 0.308. The van der Waals surface area contributed by atoms with E-state index >= 15 is 0 Å². The van der Waals surface area contributed by atoms with E-state index in [-0.39, 0.29) is 33.7 Å². The van der Waals surface area contributed by atoms with Crippen molar-refractivity contribution in [2.45, 2.75) is 112 Å². The summed E-state index contributed by atoms with van der Waals surface area (Å²) in [7, 11) is -3.50. The van der Waals surface area contributed by atoms with E-state index in [1.54, 1.807) is 0 Å². The van der Waals surface area contributed by atoms with Crippen molar-refractivity contribution < 1.29 is 22.5 Å². The van der Waals surface area contributed by atoms with Gasteiger partial charge in [-0.2, -0.15) is 8.42 Å². The molecule has 5 saturated carbocycles. The minimum Gasteiger partial charge on any atom is -0.481 e. The highest BCUT2D eigenvalue weighted by Gasteiger charge is 2.72. The number of allylic oxidation sites excluding steroid dienone is 2. The summed E-state index contributed by atoms with van der Waals surface area (Å²) in [6.45, 7) is 14.2. The van der Waals surface area contributed by atoms with Gasteiger partial charge in [0, 0.05) is 0 Å². The van der Waals surface area contributed by atoms with Gasteiger partial charge in [-0.05, 0) is 122 Å². The van der Waals surface area contributed by atoms with Crippen LogP contribution >= 0.6 is 0 Å². The van der Waals surface area contributed by atoms with Crippen molar-refractivity contribution in [3.05, 3.63) is 12.2 Å². The second kappa shape index (κ2) is 8.56. The fraction of sp³-hybridized carbons (Fsp3) is 0.903. The molecule has 210 valence electrons. The molecule has 10 atom stereocenters. The van der Waals surface area contributed by atoms with Gasteiger partial charge in [-0.15, -0.1) is 0 Å². The molecule has 0 aromatic rings. The number of fused-ring (bicyclic) bond motifs is 7. The first-order chi connectivity index (χ1) is 17.1. The molecule has 0 amide bonds. The Morgan fingerprint density at radius 1 is 0.865 bits per heavy atom. The monoisotopic (exact) mass is 534 g/mol. The first kappa shape index (κ1) is 27.7. The standard InChI is InChI=1S/C31H50O5S/c1-8-9-20-12-17-31(26(32)33)19-18-29(5)21(25(20)31)10-11-23-28(4)15-14-24(36-37(7,34)35)27(2,3)22(28)13-16-30(23,29)6/h8-9,20-25H,10-19H2,1-7H3,(H,32,33)/b9-8+/t20?,21-,22+,23?,24+,25?,28+,29-,30-,31?/m1/s1. The zero-order valence-electron chi connectivity index (χ0n) is 24.2. The maximum atomic E-state index is 12.8. The summed E-state index contributed by atoms with van der Waals surface area (Å²) in [5.74, 6) is 1.49. The summed E-state index contributed by atoms with van der Waals surface area (Å²) in [5.41, 5.74) is -0.330. The highest BCUT2D eigenvalue weighted by atomic mass is 32.2. The number of carbonyl (C=O) groups is 1. The van der Waals surface area contributed by atoms with E-state index in [2.05, 4.69) is 53.7 Å². The van der Waals surface area contributed by atoms with Gasteiger partial charge in [0.15, 0.2) is 0 Å². The first-order valence-corrected chi connectivity index (χ1v) is 16.6. The number of rotatable bonds is 4. The molecule has 0 aromatic carbocycles. The molecule has 5 aliphatic carbocycles. The van der Waals surface area contributed by atoms with Crippen LogP contribution < -0.4 is 0 Å². The molecule has 0 bridgehead atoms. The SMILES string of the molecule is C/C=C/C1CCC2(C(=O)O)CC[C@]3(C)[C@H](CCC4[C@@]5(C)CC[C@H](OS(C)(=O)=O)C(C)(C)[C@@H]5CC[C@]43C)C12. The molecule has 37 heavy (non-hydrogen) atoms. The topological polar surface area (TPSA) is 80.7 Å². The molecule has 5 nitrogen and oxygen atoms in total. The van der Waals surface area contributed by atoms with Gasteiger partial charge >= 0.3 is 5.97 Å². The van der Waals surface area contributed by atoms with Crippen LogP contribution in [0, 0.1) is 56.7 Å². The predicted molar refractivity (Wildman–Crippen MR) is 146 cm³/mol. The summed E-state index contributed by atoms with van der Waals surface area (Å²) >= 11 is 0. The largest absolute Gasteiger partial charge is 0.481 e. The Kier molecular flexibility index (Phi) is 6.40. The lowest BCUT2D eigenvalue weighted by molar-refractivity contribution is -0.246. The van der Waals surface area contributed by atoms with Crippen molar-refractivity contribution in [1.29, 1.82) is 0 Å². The van der Waals surface area contributed by atoms with E-state index in [4.69, 9.17) is 4.18 Å². The Balaban J connectivity index is 1.51. The molecular weight excluding hydrogens is 484 g/mol. The Hall–Kier alpha value is -0.880. The third-order valence-electron chi connectivity index (χ3n) is 13.6. The van der Waals surface area contributed by atoms with Gasteiger partial charge < -0.3 is 5.11 Å². The zero-order valence-corrected chi connectivity index (χ0v) is 25.0. The average Bonchev–Trinajstić information content (AvgIpc) is 3.16. The molecule has 0 aliphatic heterocycles. The Bertz CT molecular complexity index is 1080. The van der Waals surface area contributed by atoms with Gasteiger partial charge in [0.05, 0.1) is 17.8 Å². The van der Waals surface area contributed by atoms with E-state index in [0.29, 0.717) is 23.7 Å². The second-order valence-electron chi connectivity index (χ2n) is 15.0. The van der Waals surface area contributed by atoms with Crippen LogP contribution in [0.3, 0.4) is 0 Å². The lowest BCUT2D eigenvalue weighted by atomic mass is 9.32. The maximum Gasteiger partial charge on any atom is 0.309 e. The molecule has 0 spiro atoms. The lowest BCUT2D eigenvalue weighted by Crippen LogP contribution is -2.67. The summed E-state index contributed by atoms with van der Waals surface area (Å²) in [6.07, 6.45) is 15.3. The molecule has 0 radical (unpaired) electrons. The highest BCUT2D eigenvalue weighted by Crippen LogP contribution is 2.77. The van der Waals surface area contributed by atoms with Crippen LogP contribution in [-0.2, 0) is 19.1 Å². The normalized spacial score (nSPS) is 51.1. The number of carboxylic acids is 1. The van der Waals surface area contributed by atoms with Gasteiger partial charge in [0.1, 0.15) is 0 Å². The van der Waals surface area contributed by atoms with Crippen molar-refractivity contribution in [2.24, 2.45) is 56.7 Å². The first-order valence-electron chi connectivity index (χ1n) is 14.8. The van der Waals surface area contributed by atoms with Gasteiger partial charge in [-0.1, -0.05) is 46.8 Å². The molecule has 0 heterocycles. The molecule has 5 rings (SSSR count). The van der Waals surface area contributed by atoms with E-state index in [1.807, 2.05) is 0 Å².